The maximum atomic E-state index is 12.8. The Morgan fingerprint density at radius 1 is 0.967 bits per heavy atom. The molecule has 30 heavy (non-hydrogen) atoms. The summed E-state index contributed by atoms with van der Waals surface area (Å²) < 4.78 is 3.68. The van der Waals surface area contributed by atoms with E-state index in [1.54, 1.807) is 4.57 Å². The monoisotopic (exact) mass is 402 g/mol. The van der Waals surface area contributed by atoms with Crippen LogP contribution in [0.1, 0.15) is 32.0 Å². The lowest BCUT2D eigenvalue weighted by atomic mass is 10.1. The fourth-order valence-electron chi connectivity index (χ4n) is 4.42. The number of piperidine rings is 1. The Morgan fingerprint density at radius 2 is 1.73 bits per heavy atom. The average molecular weight is 403 g/mol. The van der Waals surface area contributed by atoms with Crippen LogP contribution in [-0.2, 0) is 13.1 Å². The molecule has 1 fully saturated rings. The predicted octanol–water partition coefficient (Wildman–Crippen LogP) is 3.67. The highest BCUT2D eigenvalue weighted by molar-refractivity contribution is 5.80. The molecule has 0 aliphatic carbocycles. The fraction of sp³-hybridized carbons (Fsp3) is 0.348. The van der Waals surface area contributed by atoms with Gasteiger partial charge in [0.05, 0.1) is 28.8 Å². The Morgan fingerprint density at radius 3 is 2.57 bits per heavy atom. The molecule has 0 unspecified atom stereocenters. The zero-order valence-electron chi connectivity index (χ0n) is 17.2. The Bertz CT molecular complexity index is 1250. The van der Waals surface area contributed by atoms with Gasteiger partial charge in [-0.15, -0.1) is 10.2 Å². The molecular formula is C23H26N6O. The minimum atomic E-state index is -0.0250. The van der Waals surface area contributed by atoms with Crippen molar-refractivity contribution in [3.8, 4) is 0 Å². The second-order valence-corrected chi connectivity index (χ2v) is 7.74. The van der Waals surface area contributed by atoms with Gasteiger partial charge in [0.25, 0.3) is 5.56 Å². The van der Waals surface area contributed by atoms with Gasteiger partial charge in [0, 0.05) is 19.6 Å². The van der Waals surface area contributed by atoms with E-state index in [1.807, 2.05) is 35.6 Å². The van der Waals surface area contributed by atoms with Gasteiger partial charge in [-0.25, -0.2) is 0 Å². The van der Waals surface area contributed by atoms with Crippen LogP contribution in [0.25, 0.3) is 16.7 Å². The van der Waals surface area contributed by atoms with Gasteiger partial charge in [0.2, 0.25) is 5.78 Å². The molecule has 0 spiro atoms. The van der Waals surface area contributed by atoms with Crippen LogP contribution in [0.3, 0.4) is 0 Å². The smallest absolute Gasteiger partial charge is 0.262 e. The van der Waals surface area contributed by atoms with E-state index in [9.17, 15) is 4.79 Å². The number of para-hydroxylation sites is 3. The first-order chi connectivity index (χ1) is 14.8. The number of rotatable bonds is 5. The summed E-state index contributed by atoms with van der Waals surface area (Å²) in [7, 11) is 0. The predicted molar refractivity (Wildman–Crippen MR) is 120 cm³/mol. The summed E-state index contributed by atoms with van der Waals surface area (Å²) in [5, 5.41) is 13.0. The van der Waals surface area contributed by atoms with Crippen molar-refractivity contribution in [1.82, 2.24) is 19.2 Å². The van der Waals surface area contributed by atoms with Crippen LogP contribution < -0.4 is 15.8 Å². The molecule has 1 aliphatic heterocycles. The van der Waals surface area contributed by atoms with Crippen molar-refractivity contribution in [2.75, 3.05) is 23.3 Å². The molecule has 2 aromatic carbocycles. The minimum Gasteiger partial charge on any atom is -0.376 e. The zero-order chi connectivity index (χ0) is 20.5. The average Bonchev–Trinajstić information content (AvgIpc) is 3.23. The number of fused-ring (bicyclic) bond motifs is 3. The molecule has 0 radical (unpaired) electrons. The molecule has 1 N–H and O–H groups in total. The molecule has 0 amide bonds. The van der Waals surface area contributed by atoms with E-state index in [0.717, 1.165) is 30.1 Å². The summed E-state index contributed by atoms with van der Waals surface area (Å²) in [5.41, 5.74) is 3.15. The number of aromatic nitrogens is 4. The number of anilines is 2. The highest BCUT2D eigenvalue weighted by Gasteiger charge is 2.17. The van der Waals surface area contributed by atoms with E-state index < -0.39 is 0 Å². The SMILES string of the molecule is CCn1c(=O)c2ccccc2n2c(CNc3ccccc3N3CCCCC3)nnc12. The van der Waals surface area contributed by atoms with Gasteiger partial charge in [0.1, 0.15) is 0 Å². The van der Waals surface area contributed by atoms with E-state index >= 15 is 0 Å². The third-order valence-electron chi connectivity index (χ3n) is 5.93. The molecule has 2 aromatic heterocycles. The van der Waals surface area contributed by atoms with Crippen LogP contribution in [-0.4, -0.2) is 32.3 Å². The lowest BCUT2D eigenvalue weighted by Gasteiger charge is -2.30. The third-order valence-corrected chi connectivity index (χ3v) is 5.93. The van der Waals surface area contributed by atoms with Gasteiger partial charge in [-0.3, -0.25) is 13.8 Å². The molecular weight excluding hydrogens is 376 g/mol. The highest BCUT2D eigenvalue weighted by Crippen LogP contribution is 2.28. The molecule has 0 atom stereocenters. The number of hydrogen-bond acceptors (Lipinski definition) is 5. The normalized spacial score (nSPS) is 14.5. The topological polar surface area (TPSA) is 67.5 Å². The van der Waals surface area contributed by atoms with Gasteiger partial charge in [0.15, 0.2) is 5.82 Å². The number of nitrogens with one attached hydrogen (secondary N) is 1. The Kier molecular flexibility index (Phi) is 4.86. The van der Waals surface area contributed by atoms with Gasteiger partial charge < -0.3 is 10.2 Å². The van der Waals surface area contributed by atoms with Crippen LogP contribution >= 0.6 is 0 Å². The Labute approximate surface area is 175 Å². The largest absolute Gasteiger partial charge is 0.376 e. The molecule has 1 aliphatic rings. The summed E-state index contributed by atoms with van der Waals surface area (Å²) in [5.74, 6) is 1.37. The van der Waals surface area contributed by atoms with E-state index in [4.69, 9.17) is 0 Å². The number of benzene rings is 2. The second-order valence-electron chi connectivity index (χ2n) is 7.74. The molecule has 3 heterocycles. The van der Waals surface area contributed by atoms with Crippen molar-refractivity contribution in [3.05, 3.63) is 64.7 Å². The van der Waals surface area contributed by atoms with Crippen LogP contribution in [0.5, 0.6) is 0 Å². The van der Waals surface area contributed by atoms with Gasteiger partial charge >= 0.3 is 0 Å². The minimum absolute atomic E-state index is 0.0250. The van der Waals surface area contributed by atoms with Gasteiger partial charge in [-0.1, -0.05) is 24.3 Å². The van der Waals surface area contributed by atoms with E-state index in [0.29, 0.717) is 24.3 Å². The molecule has 7 nitrogen and oxygen atoms in total. The first kappa shape index (κ1) is 18.7. The summed E-state index contributed by atoms with van der Waals surface area (Å²) in [6, 6.07) is 16.1. The highest BCUT2D eigenvalue weighted by atomic mass is 16.1. The Balaban J connectivity index is 1.53. The van der Waals surface area contributed by atoms with Crippen molar-refractivity contribution in [3.63, 3.8) is 0 Å². The first-order valence-corrected chi connectivity index (χ1v) is 10.7. The van der Waals surface area contributed by atoms with E-state index in [1.165, 1.54) is 24.9 Å². The molecule has 7 heteroatoms. The standard InChI is InChI=1S/C23H26N6O/c1-2-28-22(30)17-10-4-6-12-19(17)29-21(25-26-23(28)29)16-24-18-11-5-7-13-20(18)27-14-8-3-9-15-27/h4-7,10-13,24H,2-3,8-9,14-16H2,1H3. The summed E-state index contributed by atoms with van der Waals surface area (Å²) in [6.45, 7) is 5.23. The molecule has 5 rings (SSSR count). The number of hydrogen-bond donors (Lipinski definition) is 1. The third kappa shape index (κ3) is 3.10. The molecule has 4 aromatic rings. The molecule has 0 bridgehead atoms. The summed E-state index contributed by atoms with van der Waals surface area (Å²) >= 11 is 0. The van der Waals surface area contributed by atoms with Crippen molar-refractivity contribution in [2.45, 2.75) is 39.3 Å². The molecule has 0 saturated carbocycles. The summed E-state index contributed by atoms with van der Waals surface area (Å²) in [4.78, 5) is 15.3. The van der Waals surface area contributed by atoms with Crippen molar-refractivity contribution in [1.29, 1.82) is 0 Å². The Hall–Kier alpha value is -3.35. The number of aryl methyl sites for hydroxylation is 1. The van der Waals surface area contributed by atoms with Crippen LogP contribution in [0.15, 0.2) is 53.3 Å². The quantitative estimate of drug-likeness (QED) is 0.552. The maximum absolute atomic E-state index is 12.8. The lowest BCUT2D eigenvalue weighted by Crippen LogP contribution is -2.30. The van der Waals surface area contributed by atoms with Crippen molar-refractivity contribution < 1.29 is 0 Å². The van der Waals surface area contributed by atoms with E-state index in [2.05, 4.69) is 44.7 Å². The summed E-state index contributed by atoms with van der Waals surface area (Å²) in [6.07, 6.45) is 3.79. The van der Waals surface area contributed by atoms with Crippen molar-refractivity contribution in [2.24, 2.45) is 0 Å². The number of nitrogens with zero attached hydrogens (tertiary/aromatic N) is 5. The lowest BCUT2D eigenvalue weighted by molar-refractivity contribution is 0.578. The molecule has 154 valence electrons. The fourth-order valence-corrected chi connectivity index (χ4v) is 4.42. The maximum Gasteiger partial charge on any atom is 0.262 e. The van der Waals surface area contributed by atoms with Gasteiger partial charge in [-0.2, -0.15) is 0 Å². The zero-order valence-corrected chi connectivity index (χ0v) is 17.2. The van der Waals surface area contributed by atoms with Crippen LogP contribution in [0.4, 0.5) is 11.4 Å². The van der Waals surface area contributed by atoms with E-state index in [-0.39, 0.29) is 5.56 Å². The van der Waals surface area contributed by atoms with Crippen LogP contribution in [0, 0.1) is 0 Å². The van der Waals surface area contributed by atoms with Gasteiger partial charge in [-0.05, 0) is 50.5 Å². The van der Waals surface area contributed by atoms with Crippen molar-refractivity contribution >= 4 is 28.1 Å². The first-order valence-electron chi connectivity index (χ1n) is 10.7. The van der Waals surface area contributed by atoms with Crippen LogP contribution in [0.2, 0.25) is 0 Å². The molecule has 1 saturated heterocycles. The second kappa shape index (κ2) is 7.82.